The summed E-state index contributed by atoms with van der Waals surface area (Å²) < 4.78 is 1.88. The summed E-state index contributed by atoms with van der Waals surface area (Å²) in [6.07, 6.45) is 5.04. The van der Waals surface area contributed by atoms with Crippen LogP contribution in [0.4, 0.5) is 11.5 Å². The number of nitrogens with one attached hydrogen (secondary N) is 2. The van der Waals surface area contributed by atoms with Gasteiger partial charge in [-0.3, -0.25) is 0 Å². The van der Waals surface area contributed by atoms with E-state index in [0.717, 1.165) is 47.6 Å². The molecule has 1 aliphatic carbocycles. The Morgan fingerprint density at radius 2 is 1.76 bits per heavy atom. The molecule has 1 fully saturated rings. The van der Waals surface area contributed by atoms with Crippen molar-refractivity contribution in [2.75, 3.05) is 16.8 Å². The zero-order valence-corrected chi connectivity index (χ0v) is 29.2. The molecule has 1 saturated carbocycles. The van der Waals surface area contributed by atoms with E-state index in [9.17, 15) is 0 Å². The van der Waals surface area contributed by atoms with Crippen molar-refractivity contribution in [3.63, 3.8) is 0 Å². The predicted molar refractivity (Wildman–Crippen MR) is 194 cm³/mol. The van der Waals surface area contributed by atoms with Gasteiger partial charge in [-0.05, 0) is 88.8 Å². The van der Waals surface area contributed by atoms with Crippen LogP contribution in [0.3, 0.4) is 0 Å². The molecule has 46 heavy (non-hydrogen) atoms. The molecule has 1 heterocycles. The highest BCUT2D eigenvalue weighted by atomic mass is 35.5. The van der Waals surface area contributed by atoms with E-state index in [1.165, 1.54) is 11.1 Å². The van der Waals surface area contributed by atoms with Crippen molar-refractivity contribution in [3.05, 3.63) is 106 Å². The van der Waals surface area contributed by atoms with Crippen LogP contribution < -0.4 is 20.6 Å². The first-order valence-corrected chi connectivity index (χ1v) is 16.4. The molecule has 0 saturated heterocycles. The number of rotatable bonds is 14. The molecule has 0 amide bonds. The Labute approximate surface area is 279 Å². The smallest absolute Gasteiger partial charge is 0.195 e. The van der Waals surface area contributed by atoms with Gasteiger partial charge in [-0.15, -0.1) is 5.10 Å². The number of hydrogen-bond acceptors (Lipinski definition) is 7. The van der Waals surface area contributed by atoms with E-state index in [1.807, 2.05) is 55.9 Å². The van der Waals surface area contributed by atoms with Gasteiger partial charge in [0.2, 0.25) is 0 Å². The van der Waals surface area contributed by atoms with Crippen LogP contribution in [0.1, 0.15) is 77.1 Å². The number of allylic oxidation sites excluding steroid dienone is 1. The van der Waals surface area contributed by atoms with Gasteiger partial charge >= 0.3 is 0 Å². The fourth-order valence-corrected chi connectivity index (χ4v) is 5.76. The minimum absolute atomic E-state index is 0.270. The first-order valence-electron chi connectivity index (χ1n) is 16.1. The summed E-state index contributed by atoms with van der Waals surface area (Å²) in [7, 11) is 2.03. The lowest BCUT2D eigenvalue weighted by Crippen LogP contribution is -2.45. The third kappa shape index (κ3) is 8.15. The predicted octanol–water partition coefficient (Wildman–Crippen LogP) is 7.85. The Balaban J connectivity index is 1.96. The van der Waals surface area contributed by atoms with Gasteiger partial charge in [0.25, 0.3) is 0 Å². The van der Waals surface area contributed by atoms with Crippen molar-refractivity contribution >= 4 is 35.5 Å². The number of benzene rings is 2. The van der Waals surface area contributed by atoms with Gasteiger partial charge in [-0.25, -0.2) is 4.68 Å². The number of nitrogens with zero attached hydrogens (tertiary/aromatic N) is 6. The van der Waals surface area contributed by atoms with Gasteiger partial charge in [0.05, 0.1) is 11.7 Å². The molecule has 3 aromatic rings. The fraction of sp³-hybridized carbons (Fsp3) is 0.405. The van der Waals surface area contributed by atoms with Crippen LogP contribution in [0.15, 0.2) is 88.7 Å². The molecule has 9 heteroatoms. The Hall–Kier alpha value is -4.17. The third-order valence-corrected chi connectivity index (χ3v) is 8.60. The van der Waals surface area contributed by atoms with Crippen LogP contribution in [0, 0.1) is 5.41 Å². The summed E-state index contributed by atoms with van der Waals surface area (Å²) in [6.45, 7) is 21.7. The van der Waals surface area contributed by atoms with E-state index in [4.69, 9.17) is 22.1 Å². The minimum Gasteiger partial charge on any atom is -0.382 e. The van der Waals surface area contributed by atoms with Crippen LogP contribution in [-0.4, -0.2) is 40.8 Å². The summed E-state index contributed by atoms with van der Waals surface area (Å²) in [6, 6.07) is 18.7. The average Bonchev–Trinajstić information content (AvgIpc) is 3.86. The molecule has 1 unspecified atom stereocenters. The maximum Gasteiger partial charge on any atom is 0.195 e. The van der Waals surface area contributed by atoms with Crippen molar-refractivity contribution in [1.29, 1.82) is 5.41 Å². The van der Waals surface area contributed by atoms with E-state index in [1.54, 1.807) is 0 Å². The number of aryl methyl sites for hydroxylation is 2. The van der Waals surface area contributed by atoms with Crippen LogP contribution in [0.5, 0.6) is 0 Å². The minimum atomic E-state index is -0.357. The van der Waals surface area contributed by atoms with Gasteiger partial charge in [-0.1, -0.05) is 61.5 Å². The highest BCUT2D eigenvalue weighted by molar-refractivity contribution is 6.30. The largest absolute Gasteiger partial charge is 0.382 e. The number of anilines is 2. The average molecular weight is 641 g/mol. The quantitative estimate of drug-likeness (QED) is 0.107. The van der Waals surface area contributed by atoms with Crippen LogP contribution in [0.25, 0.3) is 0 Å². The molecular formula is C37H49ClN8. The second kappa shape index (κ2) is 14.9. The lowest BCUT2D eigenvalue weighted by molar-refractivity contribution is 0.490. The van der Waals surface area contributed by atoms with Crippen molar-refractivity contribution < 1.29 is 0 Å². The normalized spacial score (nSPS) is 14.7. The lowest BCUT2D eigenvalue weighted by atomic mass is 9.92. The molecule has 1 aromatic heterocycles. The Bertz CT molecular complexity index is 1640. The summed E-state index contributed by atoms with van der Waals surface area (Å²) in [5.74, 6) is 0.726. The highest BCUT2D eigenvalue weighted by Gasteiger charge is 2.31. The van der Waals surface area contributed by atoms with E-state index in [0.29, 0.717) is 35.4 Å². The topological polar surface area (TPSA) is 84.9 Å². The zero-order chi connectivity index (χ0) is 33.6. The molecule has 0 bridgehead atoms. The Morgan fingerprint density at radius 3 is 2.26 bits per heavy atom. The number of aromatic nitrogens is 2. The van der Waals surface area contributed by atoms with E-state index in [2.05, 4.69) is 96.6 Å². The molecule has 4 rings (SSSR count). The molecule has 1 aliphatic rings. The summed E-state index contributed by atoms with van der Waals surface area (Å²) in [5, 5.41) is 26.8. The molecule has 8 nitrogen and oxygen atoms in total. The van der Waals surface area contributed by atoms with E-state index < -0.39 is 0 Å². The maximum atomic E-state index is 8.97. The SMILES string of the molecule is C=C/C(NC1CC1)=C(/C(C)=N)C(c1ccc(Cl)cc1)N(C)c1cc(N(Cc2ccc(CC)cc2)C(C)(C)C)/c(=N/N=C)n(CC)n1. The van der Waals surface area contributed by atoms with Gasteiger partial charge in [0, 0.05) is 66.5 Å². The van der Waals surface area contributed by atoms with Crippen LogP contribution in [-0.2, 0) is 19.5 Å². The van der Waals surface area contributed by atoms with Crippen molar-refractivity contribution in [3.8, 4) is 0 Å². The molecule has 1 atom stereocenters. The second-order valence-electron chi connectivity index (χ2n) is 12.8. The molecule has 0 radical (unpaired) electrons. The highest BCUT2D eigenvalue weighted by Crippen LogP contribution is 2.36. The van der Waals surface area contributed by atoms with Crippen molar-refractivity contribution in [2.24, 2.45) is 10.2 Å². The second-order valence-corrected chi connectivity index (χ2v) is 13.3. The van der Waals surface area contributed by atoms with Gasteiger partial charge < -0.3 is 20.5 Å². The molecular weight excluding hydrogens is 592 g/mol. The Kier molecular flexibility index (Phi) is 11.3. The Morgan fingerprint density at radius 1 is 1.13 bits per heavy atom. The van der Waals surface area contributed by atoms with E-state index >= 15 is 0 Å². The molecule has 0 aliphatic heterocycles. The van der Waals surface area contributed by atoms with E-state index in [-0.39, 0.29) is 11.6 Å². The number of halogens is 1. The van der Waals surface area contributed by atoms with Crippen LogP contribution >= 0.6 is 11.6 Å². The standard InChI is InChI=1S/C37H49ClN8/c1-10-26-13-15-27(16-14-26)24-45(37(5,6)7)32-23-33(43-46(12-3)36(32)42-40-8)44(9)35(28-17-19-29(38)20-18-28)34(25(4)39)31(11-2)41-30-21-22-30/h11,13-20,23,30,35,39,41H,2,8,10,12,21-22,24H2,1,3-7,9H3/b34-31+,39-25?,42-36-. The molecule has 0 spiro atoms. The van der Waals surface area contributed by atoms with Crippen molar-refractivity contribution in [1.82, 2.24) is 15.1 Å². The van der Waals surface area contributed by atoms with Crippen molar-refractivity contribution in [2.45, 2.75) is 91.5 Å². The first kappa shape index (κ1) is 34.7. The van der Waals surface area contributed by atoms with Gasteiger partial charge in [-0.2, -0.15) is 10.2 Å². The van der Waals surface area contributed by atoms with Gasteiger partial charge in [0.1, 0.15) is 0 Å². The summed E-state index contributed by atoms with van der Waals surface area (Å²) in [5.41, 5.74) is 6.91. The number of likely N-dealkylation sites (N-methyl/N-ethyl adjacent to an activating group) is 1. The van der Waals surface area contributed by atoms with Gasteiger partial charge in [0.15, 0.2) is 11.3 Å². The lowest BCUT2D eigenvalue weighted by Gasteiger charge is -2.39. The summed E-state index contributed by atoms with van der Waals surface area (Å²) in [4.78, 5) is 4.48. The molecule has 2 aromatic carbocycles. The first-order chi connectivity index (χ1) is 21.9. The zero-order valence-electron chi connectivity index (χ0n) is 28.4. The van der Waals surface area contributed by atoms with Crippen LogP contribution in [0.2, 0.25) is 5.02 Å². The number of hydrogen-bond donors (Lipinski definition) is 2. The molecule has 244 valence electrons. The maximum absolute atomic E-state index is 8.97. The molecule has 2 N–H and O–H groups in total. The fourth-order valence-electron chi connectivity index (χ4n) is 5.64. The third-order valence-electron chi connectivity index (χ3n) is 8.34. The monoisotopic (exact) mass is 640 g/mol. The summed E-state index contributed by atoms with van der Waals surface area (Å²) >= 11 is 6.35.